The molecule has 1 N–H and O–H groups in total. The average Bonchev–Trinajstić information content (AvgIpc) is 2.54. The number of carbonyl (C=O) groups excluding carboxylic acids is 1. The van der Waals surface area contributed by atoms with Crippen molar-refractivity contribution in [3.8, 4) is 5.75 Å². The van der Waals surface area contributed by atoms with Crippen molar-refractivity contribution < 1.29 is 9.53 Å². The molecule has 0 aliphatic carbocycles. The Kier molecular flexibility index (Phi) is 5.60. The summed E-state index contributed by atoms with van der Waals surface area (Å²) >= 11 is 7.58. The van der Waals surface area contributed by atoms with E-state index in [-0.39, 0.29) is 17.6 Å². The Labute approximate surface area is 158 Å². The van der Waals surface area contributed by atoms with E-state index in [0.29, 0.717) is 5.75 Å². The fraction of sp³-hybridized carbons (Fsp3) is 0.350. The SMILES string of the molecule is CC1(C)C[C@@H](NC(=O)CSCc2cccc(Cl)c2)c2ccccc2O1. The van der Waals surface area contributed by atoms with Crippen LogP contribution in [0.4, 0.5) is 0 Å². The number of para-hydroxylation sites is 1. The molecule has 1 atom stereocenters. The molecule has 1 amide bonds. The minimum absolute atomic E-state index is 0.0146. The fourth-order valence-electron chi connectivity index (χ4n) is 3.06. The zero-order chi connectivity index (χ0) is 17.9. The summed E-state index contributed by atoms with van der Waals surface area (Å²) in [6, 6.07) is 15.6. The van der Waals surface area contributed by atoms with Crippen LogP contribution >= 0.6 is 23.4 Å². The topological polar surface area (TPSA) is 38.3 Å². The van der Waals surface area contributed by atoms with E-state index >= 15 is 0 Å². The van der Waals surface area contributed by atoms with Crippen LogP contribution in [0.5, 0.6) is 5.75 Å². The standard InChI is InChI=1S/C20H22ClNO2S/c1-20(2)11-17(16-8-3-4-9-18(16)24-20)22-19(23)13-25-12-14-6-5-7-15(21)10-14/h3-10,17H,11-13H2,1-2H3,(H,22,23)/t17-/m1/s1. The fourth-order valence-corrected chi connectivity index (χ4v) is 4.05. The van der Waals surface area contributed by atoms with E-state index in [1.54, 1.807) is 11.8 Å². The third-order valence-electron chi connectivity index (χ3n) is 4.10. The smallest absolute Gasteiger partial charge is 0.230 e. The molecule has 132 valence electrons. The molecular formula is C20H22ClNO2S. The summed E-state index contributed by atoms with van der Waals surface area (Å²) in [5.74, 6) is 2.09. The molecule has 1 aliphatic heterocycles. The maximum Gasteiger partial charge on any atom is 0.230 e. The summed E-state index contributed by atoms with van der Waals surface area (Å²) in [5.41, 5.74) is 1.89. The first kappa shape index (κ1) is 18.2. The first-order chi connectivity index (χ1) is 11.9. The molecule has 0 radical (unpaired) electrons. The number of ether oxygens (including phenoxy) is 1. The minimum atomic E-state index is -0.291. The molecule has 2 aromatic carbocycles. The van der Waals surface area contributed by atoms with E-state index in [4.69, 9.17) is 16.3 Å². The first-order valence-electron chi connectivity index (χ1n) is 8.32. The van der Waals surface area contributed by atoms with Gasteiger partial charge in [0.15, 0.2) is 0 Å². The normalized spacial score (nSPS) is 18.1. The van der Waals surface area contributed by atoms with E-state index in [2.05, 4.69) is 19.2 Å². The van der Waals surface area contributed by atoms with Crippen LogP contribution in [-0.2, 0) is 10.5 Å². The van der Waals surface area contributed by atoms with Crippen LogP contribution in [0.25, 0.3) is 0 Å². The largest absolute Gasteiger partial charge is 0.487 e. The highest BCUT2D eigenvalue weighted by Gasteiger charge is 2.34. The predicted molar refractivity (Wildman–Crippen MR) is 104 cm³/mol. The van der Waals surface area contributed by atoms with Crippen LogP contribution in [0.15, 0.2) is 48.5 Å². The highest BCUT2D eigenvalue weighted by Crippen LogP contribution is 2.39. The lowest BCUT2D eigenvalue weighted by Crippen LogP contribution is -2.41. The van der Waals surface area contributed by atoms with Crippen LogP contribution in [0, 0.1) is 0 Å². The van der Waals surface area contributed by atoms with Gasteiger partial charge in [-0.15, -0.1) is 11.8 Å². The number of halogens is 1. The predicted octanol–water partition coefficient (Wildman–Crippen LogP) is 4.99. The van der Waals surface area contributed by atoms with E-state index < -0.39 is 0 Å². The number of hydrogen-bond donors (Lipinski definition) is 1. The van der Waals surface area contributed by atoms with Crippen molar-refractivity contribution in [1.82, 2.24) is 5.32 Å². The maximum atomic E-state index is 12.4. The Morgan fingerprint density at radius 2 is 2.08 bits per heavy atom. The van der Waals surface area contributed by atoms with Crippen molar-refractivity contribution in [3.05, 3.63) is 64.7 Å². The molecule has 0 unspecified atom stereocenters. The van der Waals surface area contributed by atoms with Crippen molar-refractivity contribution in [2.45, 2.75) is 37.7 Å². The van der Waals surface area contributed by atoms with Crippen LogP contribution in [-0.4, -0.2) is 17.3 Å². The molecule has 0 saturated heterocycles. The maximum absolute atomic E-state index is 12.4. The number of benzene rings is 2. The zero-order valence-electron chi connectivity index (χ0n) is 14.4. The van der Waals surface area contributed by atoms with Crippen molar-refractivity contribution in [3.63, 3.8) is 0 Å². The Bertz CT molecular complexity index is 763. The van der Waals surface area contributed by atoms with Gasteiger partial charge in [-0.3, -0.25) is 4.79 Å². The number of thioether (sulfide) groups is 1. The van der Waals surface area contributed by atoms with Gasteiger partial charge >= 0.3 is 0 Å². The lowest BCUT2D eigenvalue weighted by molar-refractivity contribution is -0.119. The molecule has 0 bridgehead atoms. The third kappa shape index (κ3) is 4.93. The Morgan fingerprint density at radius 3 is 2.88 bits per heavy atom. The van der Waals surface area contributed by atoms with Crippen molar-refractivity contribution in [2.75, 3.05) is 5.75 Å². The second kappa shape index (κ2) is 7.71. The molecule has 2 aromatic rings. The van der Waals surface area contributed by atoms with Gasteiger partial charge in [0.1, 0.15) is 11.4 Å². The van der Waals surface area contributed by atoms with Gasteiger partial charge in [0.05, 0.1) is 11.8 Å². The first-order valence-corrected chi connectivity index (χ1v) is 9.86. The average molecular weight is 376 g/mol. The van der Waals surface area contributed by atoms with Crippen LogP contribution in [0.3, 0.4) is 0 Å². The Balaban J connectivity index is 1.57. The lowest BCUT2D eigenvalue weighted by atomic mass is 9.90. The summed E-state index contributed by atoms with van der Waals surface area (Å²) < 4.78 is 6.01. The van der Waals surface area contributed by atoms with Crippen LogP contribution in [0.2, 0.25) is 5.02 Å². The van der Waals surface area contributed by atoms with E-state index in [9.17, 15) is 4.79 Å². The molecule has 5 heteroatoms. The third-order valence-corrected chi connectivity index (χ3v) is 5.34. The quantitative estimate of drug-likeness (QED) is 0.799. The molecular weight excluding hydrogens is 354 g/mol. The van der Waals surface area contributed by atoms with Gasteiger partial charge in [-0.2, -0.15) is 0 Å². The Hall–Kier alpha value is -1.65. The summed E-state index contributed by atoms with van der Waals surface area (Å²) in [5, 5.41) is 3.89. The van der Waals surface area contributed by atoms with Crippen molar-refractivity contribution >= 4 is 29.3 Å². The van der Waals surface area contributed by atoms with E-state index in [1.165, 1.54) is 0 Å². The van der Waals surface area contributed by atoms with Crippen molar-refractivity contribution in [2.24, 2.45) is 0 Å². The molecule has 0 aromatic heterocycles. The summed E-state index contributed by atoms with van der Waals surface area (Å²) in [6.07, 6.45) is 0.759. The zero-order valence-corrected chi connectivity index (χ0v) is 16.0. The van der Waals surface area contributed by atoms with Gasteiger partial charge < -0.3 is 10.1 Å². The highest BCUT2D eigenvalue weighted by atomic mass is 35.5. The number of hydrogen-bond acceptors (Lipinski definition) is 3. The van der Waals surface area contributed by atoms with Crippen LogP contribution < -0.4 is 10.1 Å². The van der Waals surface area contributed by atoms with Gasteiger partial charge in [-0.1, -0.05) is 41.9 Å². The molecule has 0 spiro atoms. The molecule has 0 saturated carbocycles. The number of amides is 1. The van der Waals surface area contributed by atoms with E-state index in [1.807, 2.05) is 48.5 Å². The monoisotopic (exact) mass is 375 g/mol. The second-order valence-electron chi connectivity index (χ2n) is 6.85. The van der Waals surface area contributed by atoms with Gasteiger partial charge in [0, 0.05) is 22.8 Å². The Morgan fingerprint density at radius 1 is 1.28 bits per heavy atom. The summed E-state index contributed by atoms with van der Waals surface area (Å²) in [7, 11) is 0. The highest BCUT2D eigenvalue weighted by molar-refractivity contribution is 7.99. The van der Waals surface area contributed by atoms with Crippen molar-refractivity contribution in [1.29, 1.82) is 0 Å². The number of nitrogens with one attached hydrogen (secondary N) is 1. The summed E-state index contributed by atoms with van der Waals surface area (Å²) in [6.45, 7) is 4.10. The second-order valence-corrected chi connectivity index (χ2v) is 8.27. The molecule has 0 fully saturated rings. The number of fused-ring (bicyclic) bond motifs is 1. The van der Waals surface area contributed by atoms with E-state index in [0.717, 1.165) is 34.1 Å². The molecule has 3 rings (SSSR count). The van der Waals surface area contributed by atoms with Gasteiger partial charge in [0.25, 0.3) is 0 Å². The number of carbonyl (C=O) groups is 1. The van der Waals surface area contributed by atoms with Gasteiger partial charge in [-0.05, 0) is 37.6 Å². The van der Waals surface area contributed by atoms with Gasteiger partial charge in [-0.25, -0.2) is 0 Å². The van der Waals surface area contributed by atoms with Gasteiger partial charge in [0.2, 0.25) is 5.91 Å². The molecule has 1 heterocycles. The lowest BCUT2D eigenvalue weighted by Gasteiger charge is -2.37. The molecule has 25 heavy (non-hydrogen) atoms. The minimum Gasteiger partial charge on any atom is -0.487 e. The van der Waals surface area contributed by atoms with Crippen LogP contribution in [0.1, 0.15) is 37.4 Å². The number of rotatable bonds is 5. The summed E-state index contributed by atoms with van der Waals surface area (Å²) in [4.78, 5) is 12.4. The molecule has 1 aliphatic rings. The molecule has 3 nitrogen and oxygen atoms in total.